The predicted molar refractivity (Wildman–Crippen MR) is 109 cm³/mol. The van der Waals surface area contributed by atoms with Crippen LogP contribution in [0.5, 0.6) is 11.5 Å². The summed E-state index contributed by atoms with van der Waals surface area (Å²) in [6, 6.07) is 13.4. The maximum Gasteiger partial charge on any atom is 0.196 e. The maximum absolute atomic E-state index is 6.02. The fourth-order valence-electron chi connectivity index (χ4n) is 2.91. The van der Waals surface area contributed by atoms with Crippen molar-refractivity contribution in [2.45, 2.75) is 13.3 Å². The van der Waals surface area contributed by atoms with E-state index in [2.05, 4.69) is 15.3 Å². The van der Waals surface area contributed by atoms with Crippen LogP contribution in [0.3, 0.4) is 0 Å². The number of aryl methyl sites for hydroxylation is 1. The number of nitrogens with zero attached hydrogens (tertiary/aromatic N) is 2. The zero-order valence-electron chi connectivity index (χ0n) is 15.3. The second kappa shape index (κ2) is 7.72. The first kappa shape index (κ1) is 18.8. The first-order valence-electron chi connectivity index (χ1n) is 8.40. The molecule has 4 rings (SSSR count). The van der Waals surface area contributed by atoms with Crippen LogP contribution in [-0.2, 0) is 6.42 Å². The lowest BCUT2D eigenvalue weighted by Crippen LogP contribution is -2.01. The van der Waals surface area contributed by atoms with Crippen molar-refractivity contribution >= 4 is 46.0 Å². The lowest BCUT2D eigenvalue weighted by Gasteiger charge is -2.12. The number of hydrogen-bond donors (Lipinski definition) is 1. The van der Waals surface area contributed by atoms with E-state index >= 15 is 0 Å². The van der Waals surface area contributed by atoms with Gasteiger partial charge in [-0.05, 0) is 24.3 Å². The highest BCUT2D eigenvalue weighted by Crippen LogP contribution is 2.36. The van der Waals surface area contributed by atoms with E-state index in [1.807, 2.05) is 49.4 Å². The Morgan fingerprint density at radius 3 is 2.59 bits per heavy atom. The summed E-state index contributed by atoms with van der Waals surface area (Å²) in [5.74, 6) is 2.74. The van der Waals surface area contributed by atoms with Gasteiger partial charge in [0, 0.05) is 17.9 Å². The number of hydrogen-bond acceptors (Lipinski definition) is 6. The van der Waals surface area contributed by atoms with Crippen molar-refractivity contribution in [3.05, 3.63) is 48.3 Å². The maximum atomic E-state index is 6.02. The molecule has 0 saturated heterocycles. The van der Waals surface area contributed by atoms with E-state index in [1.54, 1.807) is 14.2 Å². The van der Waals surface area contributed by atoms with E-state index in [0.29, 0.717) is 17.2 Å². The minimum atomic E-state index is 0. The summed E-state index contributed by atoms with van der Waals surface area (Å²) < 4.78 is 16.7. The molecule has 0 amide bonds. The molecule has 0 bridgehead atoms. The molecule has 140 valence electrons. The molecular formula is C20H20ClN3O3. The van der Waals surface area contributed by atoms with Crippen molar-refractivity contribution in [1.82, 2.24) is 9.97 Å². The molecule has 0 atom stereocenters. The smallest absolute Gasteiger partial charge is 0.196 e. The fraction of sp³-hybridized carbons (Fsp3) is 0.200. The van der Waals surface area contributed by atoms with Crippen LogP contribution in [0.25, 0.3) is 22.1 Å². The van der Waals surface area contributed by atoms with Crippen molar-refractivity contribution in [3.63, 3.8) is 0 Å². The van der Waals surface area contributed by atoms with E-state index in [0.717, 1.165) is 40.2 Å². The minimum absolute atomic E-state index is 0. The van der Waals surface area contributed by atoms with E-state index in [1.165, 1.54) is 0 Å². The SMILES string of the molecule is CCc1nc(Nc2ccc(OC)cc2OC)c2oc3ccccc3c2n1.Cl. The quantitative estimate of drug-likeness (QED) is 0.514. The molecule has 0 fully saturated rings. The second-order valence-corrected chi connectivity index (χ2v) is 5.81. The third kappa shape index (κ3) is 3.36. The van der Waals surface area contributed by atoms with Crippen LogP contribution in [0.1, 0.15) is 12.7 Å². The van der Waals surface area contributed by atoms with Crippen LogP contribution >= 0.6 is 12.4 Å². The van der Waals surface area contributed by atoms with Gasteiger partial charge in [-0.25, -0.2) is 9.97 Å². The Hall–Kier alpha value is -2.99. The van der Waals surface area contributed by atoms with E-state index < -0.39 is 0 Å². The summed E-state index contributed by atoms with van der Waals surface area (Å²) in [7, 11) is 3.24. The summed E-state index contributed by atoms with van der Waals surface area (Å²) in [6.45, 7) is 2.03. The molecule has 2 heterocycles. The molecule has 1 N–H and O–H groups in total. The summed E-state index contributed by atoms with van der Waals surface area (Å²) >= 11 is 0. The number of anilines is 2. The summed E-state index contributed by atoms with van der Waals surface area (Å²) in [6.07, 6.45) is 0.726. The number of rotatable bonds is 5. The molecule has 27 heavy (non-hydrogen) atoms. The first-order valence-corrected chi connectivity index (χ1v) is 8.40. The topological polar surface area (TPSA) is 69.4 Å². The van der Waals surface area contributed by atoms with Crippen molar-refractivity contribution in [2.24, 2.45) is 0 Å². The number of halogens is 1. The molecule has 2 aromatic carbocycles. The third-order valence-electron chi connectivity index (χ3n) is 4.24. The molecule has 6 nitrogen and oxygen atoms in total. The number of methoxy groups -OCH3 is 2. The van der Waals surface area contributed by atoms with Crippen molar-refractivity contribution in [2.75, 3.05) is 19.5 Å². The van der Waals surface area contributed by atoms with Crippen LogP contribution in [-0.4, -0.2) is 24.2 Å². The summed E-state index contributed by atoms with van der Waals surface area (Å²) in [5.41, 5.74) is 2.99. The van der Waals surface area contributed by atoms with Gasteiger partial charge in [-0.2, -0.15) is 0 Å². The number of nitrogens with one attached hydrogen (secondary N) is 1. The molecule has 7 heteroatoms. The third-order valence-corrected chi connectivity index (χ3v) is 4.24. The van der Waals surface area contributed by atoms with E-state index in [9.17, 15) is 0 Å². The van der Waals surface area contributed by atoms with Crippen molar-refractivity contribution < 1.29 is 13.9 Å². The zero-order chi connectivity index (χ0) is 18.1. The minimum Gasteiger partial charge on any atom is -0.497 e. The van der Waals surface area contributed by atoms with Crippen LogP contribution in [0.4, 0.5) is 11.5 Å². The predicted octanol–water partition coefficient (Wildman–Crippen LogP) is 5.12. The molecule has 0 unspecified atom stereocenters. The average Bonchev–Trinajstić information content (AvgIpc) is 3.07. The highest BCUT2D eigenvalue weighted by Gasteiger charge is 2.16. The Labute approximate surface area is 162 Å². The van der Waals surface area contributed by atoms with E-state index in [-0.39, 0.29) is 12.4 Å². The van der Waals surface area contributed by atoms with Crippen LogP contribution < -0.4 is 14.8 Å². The van der Waals surface area contributed by atoms with Gasteiger partial charge in [-0.15, -0.1) is 12.4 Å². The van der Waals surface area contributed by atoms with Gasteiger partial charge in [0.2, 0.25) is 0 Å². The van der Waals surface area contributed by atoms with Gasteiger partial charge in [0.1, 0.15) is 28.4 Å². The van der Waals surface area contributed by atoms with Crippen molar-refractivity contribution in [1.29, 1.82) is 0 Å². The van der Waals surface area contributed by atoms with Crippen LogP contribution in [0.15, 0.2) is 46.9 Å². The monoisotopic (exact) mass is 385 g/mol. The molecule has 0 spiro atoms. The standard InChI is InChI=1S/C20H19N3O3.ClH/c1-4-17-22-18-13-7-5-6-8-15(13)26-19(18)20(23-17)21-14-10-9-12(24-2)11-16(14)25-3;/h5-11H,4H2,1-3H3,(H,21,22,23);1H. The fourth-order valence-corrected chi connectivity index (χ4v) is 2.91. The van der Waals surface area contributed by atoms with Gasteiger partial charge in [0.15, 0.2) is 11.4 Å². The Balaban J connectivity index is 0.00000210. The lowest BCUT2D eigenvalue weighted by molar-refractivity contribution is 0.395. The van der Waals surface area contributed by atoms with Crippen LogP contribution in [0.2, 0.25) is 0 Å². The van der Waals surface area contributed by atoms with Crippen LogP contribution in [0, 0.1) is 0 Å². The molecule has 0 radical (unpaired) electrons. The number of benzene rings is 2. The number of ether oxygens (including phenoxy) is 2. The largest absolute Gasteiger partial charge is 0.497 e. The molecular weight excluding hydrogens is 366 g/mol. The first-order chi connectivity index (χ1) is 12.7. The molecule has 0 aliphatic rings. The Bertz CT molecular complexity index is 1090. The van der Waals surface area contributed by atoms with Gasteiger partial charge in [-0.3, -0.25) is 0 Å². The lowest BCUT2D eigenvalue weighted by atomic mass is 10.2. The average molecular weight is 386 g/mol. The highest BCUT2D eigenvalue weighted by atomic mass is 35.5. The molecule has 0 saturated carbocycles. The number of para-hydroxylation sites is 1. The molecule has 2 aromatic heterocycles. The van der Waals surface area contributed by atoms with Crippen molar-refractivity contribution in [3.8, 4) is 11.5 Å². The van der Waals surface area contributed by atoms with Gasteiger partial charge in [0.25, 0.3) is 0 Å². The number of furan rings is 1. The molecule has 4 aromatic rings. The zero-order valence-corrected chi connectivity index (χ0v) is 16.1. The highest BCUT2D eigenvalue weighted by molar-refractivity contribution is 6.06. The normalized spacial score (nSPS) is 10.6. The van der Waals surface area contributed by atoms with Gasteiger partial charge in [-0.1, -0.05) is 19.1 Å². The van der Waals surface area contributed by atoms with Gasteiger partial charge < -0.3 is 19.2 Å². The molecule has 0 aliphatic carbocycles. The van der Waals surface area contributed by atoms with Gasteiger partial charge in [0.05, 0.1) is 19.9 Å². The Kier molecular flexibility index (Phi) is 5.37. The number of fused-ring (bicyclic) bond motifs is 3. The summed E-state index contributed by atoms with van der Waals surface area (Å²) in [5, 5.41) is 4.30. The van der Waals surface area contributed by atoms with E-state index in [4.69, 9.17) is 13.9 Å². The van der Waals surface area contributed by atoms with Gasteiger partial charge >= 0.3 is 0 Å². The second-order valence-electron chi connectivity index (χ2n) is 5.81. The Morgan fingerprint density at radius 1 is 1.04 bits per heavy atom. The summed E-state index contributed by atoms with van der Waals surface area (Å²) in [4.78, 5) is 9.28. The number of aromatic nitrogens is 2. The Morgan fingerprint density at radius 2 is 1.85 bits per heavy atom. The molecule has 0 aliphatic heterocycles.